The number of hydrogen-bond donors (Lipinski definition) is 0. The Morgan fingerprint density at radius 3 is 2.16 bits per heavy atom. The van der Waals surface area contributed by atoms with Crippen molar-refractivity contribution in [3.8, 4) is 11.1 Å². The van der Waals surface area contributed by atoms with Gasteiger partial charge in [0.25, 0.3) is 10.0 Å². The lowest BCUT2D eigenvalue weighted by Crippen LogP contribution is -2.28. The molecule has 0 amide bonds. The van der Waals surface area contributed by atoms with Gasteiger partial charge in [0, 0.05) is 18.7 Å². The van der Waals surface area contributed by atoms with E-state index in [2.05, 4.69) is 0 Å². The zero-order chi connectivity index (χ0) is 18.0. The summed E-state index contributed by atoms with van der Waals surface area (Å²) in [5.41, 5.74) is 1.92. The third-order valence-electron chi connectivity index (χ3n) is 3.86. The van der Waals surface area contributed by atoms with E-state index in [1.807, 2.05) is 30.3 Å². The Labute approximate surface area is 145 Å². The first-order chi connectivity index (χ1) is 11.9. The lowest BCUT2D eigenvalue weighted by atomic mass is 10.0. The fourth-order valence-corrected chi connectivity index (χ4v) is 3.83. The molecule has 0 spiro atoms. The van der Waals surface area contributed by atoms with E-state index in [4.69, 9.17) is 0 Å². The maximum Gasteiger partial charge on any atom is 0.267 e. The molecule has 0 aliphatic heterocycles. The molecule has 3 aromatic rings. The second kappa shape index (κ2) is 6.64. The van der Waals surface area contributed by atoms with Gasteiger partial charge in [0.2, 0.25) is 0 Å². The van der Waals surface area contributed by atoms with Crippen molar-refractivity contribution in [1.82, 2.24) is 0 Å². The summed E-state index contributed by atoms with van der Waals surface area (Å²) >= 11 is 0. The molecule has 3 aromatic carbocycles. The van der Waals surface area contributed by atoms with Gasteiger partial charge in [-0.2, -0.15) is 0 Å². The van der Waals surface area contributed by atoms with E-state index in [-0.39, 0.29) is 0 Å². The standard InChI is InChI=1S/C19H15F2NO2S/c1-22(25(23,24)19-12-11-15(20)13-17(19)21)18-10-6-5-9-16(18)14-7-3-2-4-8-14/h2-13H,1H3. The summed E-state index contributed by atoms with van der Waals surface area (Å²) in [5.74, 6) is -1.95. The van der Waals surface area contributed by atoms with Gasteiger partial charge in [-0.05, 0) is 23.8 Å². The Bertz CT molecular complexity index is 1000. The van der Waals surface area contributed by atoms with E-state index in [9.17, 15) is 17.2 Å². The molecule has 128 valence electrons. The van der Waals surface area contributed by atoms with Crippen LogP contribution in [-0.2, 0) is 10.0 Å². The van der Waals surface area contributed by atoms with Crippen LogP contribution in [0.2, 0.25) is 0 Å². The second-order valence-corrected chi connectivity index (χ2v) is 7.37. The molecule has 3 rings (SSSR count). The number of anilines is 1. The molecule has 0 aromatic heterocycles. The Morgan fingerprint density at radius 1 is 0.840 bits per heavy atom. The summed E-state index contributed by atoms with van der Waals surface area (Å²) in [4.78, 5) is -0.570. The summed E-state index contributed by atoms with van der Waals surface area (Å²) in [5, 5.41) is 0. The Kier molecular flexibility index (Phi) is 4.55. The largest absolute Gasteiger partial charge is 0.269 e. The monoisotopic (exact) mass is 359 g/mol. The van der Waals surface area contributed by atoms with Crippen LogP contribution in [0.4, 0.5) is 14.5 Å². The number of sulfonamides is 1. The zero-order valence-electron chi connectivity index (χ0n) is 13.4. The Balaban J connectivity index is 2.11. The van der Waals surface area contributed by atoms with Gasteiger partial charge in [-0.1, -0.05) is 48.5 Å². The molecular formula is C19H15F2NO2S. The van der Waals surface area contributed by atoms with Crippen molar-refractivity contribution in [3.63, 3.8) is 0 Å². The third kappa shape index (κ3) is 3.25. The average molecular weight is 359 g/mol. The van der Waals surface area contributed by atoms with Gasteiger partial charge in [0.15, 0.2) is 0 Å². The minimum Gasteiger partial charge on any atom is -0.269 e. The molecule has 0 N–H and O–H groups in total. The van der Waals surface area contributed by atoms with Gasteiger partial charge in [0.1, 0.15) is 16.5 Å². The van der Waals surface area contributed by atoms with Crippen LogP contribution in [0, 0.1) is 11.6 Å². The SMILES string of the molecule is CN(c1ccccc1-c1ccccc1)S(=O)(=O)c1ccc(F)cc1F. The second-order valence-electron chi connectivity index (χ2n) is 5.43. The van der Waals surface area contributed by atoms with E-state index in [1.165, 1.54) is 7.05 Å². The molecule has 25 heavy (non-hydrogen) atoms. The van der Waals surface area contributed by atoms with Crippen LogP contribution in [-0.4, -0.2) is 15.5 Å². The van der Waals surface area contributed by atoms with Gasteiger partial charge in [-0.25, -0.2) is 17.2 Å². The molecule has 0 aliphatic rings. The molecule has 0 radical (unpaired) electrons. The quantitative estimate of drug-likeness (QED) is 0.690. The molecule has 3 nitrogen and oxygen atoms in total. The van der Waals surface area contributed by atoms with Crippen molar-refractivity contribution < 1.29 is 17.2 Å². The Hall–Kier alpha value is -2.73. The molecule has 0 bridgehead atoms. The first kappa shape index (κ1) is 17.1. The average Bonchev–Trinajstić information content (AvgIpc) is 2.61. The van der Waals surface area contributed by atoms with E-state index in [0.29, 0.717) is 17.3 Å². The van der Waals surface area contributed by atoms with Crippen LogP contribution in [0.3, 0.4) is 0 Å². The van der Waals surface area contributed by atoms with Gasteiger partial charge >= 0.3 is 0 Å². The van der Waals surface area contributed by atoms with Gasteiger partial charge in [-0.15, -0.1) is 0 Å². The summed E-state index contributed by atoms with van der Waals surface area (Å²) in [7, 11) is -2.83. The molecule has 0 unspecified atom stereocenters. The highest BCUT2D eigenvalue weighted by Crippen LogP contribution is 2.33. The van der Waals surface area contributed by atoms with Crippen LogP contribution in [0.15, 0.2) is 77.7 Å². The van der Waals surface area contributed by atoms with Crippen molar-refractivity contribution in [2.75, 3.05) is 11.4 Å². The van der Waals surface area contributed by atoms with Crippen LogP contribution in [0.1, 0.15) is 0 Å². The molecule has 0 aliphatic carbocycles. The number of hydrogen-bond acceptors (Lipinski definition) is 2. The van der Waals surface area contributed by atoms with Crippen molar-refractivity contribution in [2.45, 2.75) is 4.90 Å². The molecule has 6 heteroatoms. The van der Waals surface area contributed by atoms with E-state index in [0.717, 1.165) is 22.0 Å². The maximum atomic E-state index is 14.0. The third-order valence-corrected chi connectivity index (χ3v) is 5.67. The van der Waals surface area contributed by atoms with Crippen LogP contribution >= 0.6 is 0 Å². The highest BCUT2D eigenvalue weighted by atomic mass is 32.2. The summed E-state index contributed by atoms with van der Waals surface area (Å²) in [6.07, 6.45) is 0. The van der Waals surface area contributed by atoms with Crippen molar-refractivity contribution >= 4 is 15.7 Å². The number of benzene rings is 3. The number of para-hydroxylation sites is 1. The fraction of sp³-hybridized carbons (Fsp3) is 0.0526. The van der Waals surface area contributed by atoms with Gasteiger partial charge < -0.3 is 0 Å². The minimum absolute atomic E-state index is 0.400. The fourth-order valence-electron chi connectivity index (χ4n) is 2.57. The number of rotatable bonds is 4. The van der Waals surface area contributed by atoms with E-state index in [1.54, 1.807) is 24.3 Å². The smallest absolute Gasteiger partial charge is 0.267 e. The summed E-state index contributed by atoms with van der Waals surface area (Å²) in [6.45, 7) is 0. The van der Waals surface area contributed by atoms with Crippen LogP contribution in [0.5, 0.6) is 0 Å². The number of halogens is 2. The lowest BCUT2D eigenvalue weighted by Gasteiger charge is -2.22. The van der Waals surface area contributed by atoms with E-state index >= 15 is 0 Å². The number of nitrogens with zero attached hydrogens (tertiary/aromatic N) is 1. The van der Waals surface area contributed by atoms with E-state index < -0.39 is 26.6 Å². The van der Waals surface area contributed by atoms with Gasteiger partial charge in [0.05, 0.1) is 5.69 Å². The minimum atomic E-state index is -4.18. The predicted molar refractivity (Wildman–Crippen MR) is 93.8 cm³/mol. The van der Waals surface area contributed by atoms with Gasteiger partial charge in [-0.3, -0.25) is 4.31 Å². The highest BCUT2D eigenvalue weighted by Gasteiger charge is 2.26. The molecule has 0 atom stereocenters. The highest BCUT2D eigenvalue weighted by molar-refractivity contribution is 7.92. The molecule has 0 heterocycles. The topological polar surface area (TPSA) is 37.4 Å². The van der Waals surface area contributed by atoms with Crippen LogP contribution in [0.25, 0.3) is 11.1 Å². The zero-order valence-corrected chi connectivity index (χ0v) is 14.2. The lowest BCUT2D eigenvalue weighted by molar-refractivity contribution is 0.548. The first-order valence-electron chi connectivity index (χ1n) is 7.49. The normalized spacial score (nSPS) is 11.3. The molecule has 0 saturated heterocycles. The van der Waals surface area contributed by atoms with Crippen molar-refractivity contribution in [1.29, 1.82) is 0 Å². The van der Waals surface area contributed by atoms with Crippen molar-refractivity contribution in [2.24, 2.45) is 0 Å². The Morgan fingerprint density at radius 2 is 1.48 bits per heavy atom. The summed E-state index contributed by atoms with van der Waals surface area (Å²) in [6, 6.07) is 18.6. The first-order valence-corrected chi connectivity index (χ1v) is 8.93. The predicted octanol–water partition coefficient (Wildman–Crippen LogP) is 4.46. The summed E-state index contributed by atoms with van der Waals surface area (Å²) < 4.78 is 53.7. The molecule has 0 fully saturated rings. The maximum absolute atomic E-state index is 14.0. The van der Waals surface area contributed by atoms with Crippen LogP contribution < -0.4 is 4.31 Å². The van der Waals surface area contributed by atoms with Crippen molar-refractivity contribution in [3.05, 3.63) is 84.4 Å². The molecular weight excluding hydrogens is 344 g/mol. The molecule has 0 saturated carbocycles.